The van der Waals surface area contributed by atoms with Gasteiger partial charge >= 0.3 is 0 Å². The van der Waals surface area contributed by atoms with Crippen LogP contribution in [0.2, 0.25) is 0 Å². The molecule has 9 rings (SSSR count). The van der Waals surface area contributed by atoms with Gasteiger partial charge in [-0.25, -0.2) is 4.98 Å². The third kappa shape index (κ3) is 3.23. The van der Waals surface area contributed by atoms with Crippen LogP contribution in [-0.4, -0.2) is 19.1 Å². The normalized spacial score (nSPS) is 11.8. The smallest absolute Gasteiger partial charge is 0.137 e. The Bertz CT molecular complexity index is 2430. The number of para-hydroxylation sites is 3. The van der Waals surface area contributed by atoms with Crippen LogP contribution in [0.25, 0.3) is 77.0 Å². The zero-order chi connectivity index (χ0) is 27.6. The summed E-state index contributed by atoms with van der Waals surface area (Å²) < 4.78 is 4.76. The molecule has 4 aromatic heterocycles. The predicted molar refractivity (Wildman–Crippen MR) is 174 cm³/mol. The first-order valence-electron chi connectivity index (χ1n) is 14.2. The second-order valence-corrected chi connectivity index (χ2v) is 10.7. The maximum Gasteiger partial charge on any atom is 0.137 e. The van der Waals surface area contributed by atoms with E-state index >= 15 is 0 Å². The maximum absolute atomic E-state index is 5.04. The van der Waals surface area contributed by atoms with E-state index in [0.29, 0.717) is 0 Å². The molecule has 0 fully saturated rings. The lowest BCUT2D eigenvalue weighted by Crippen LogP contribution is -1.99. The molecule has 0 spiro atoms. The van der Waals surface area contributed by atoms with Gasteiger partial charge in [-0.2, -0.15) is 0 Å². The van der Waals surface area contributed by atoms with Gasteiger partial charge in [0.1, 0.15) is 5.82 Å². The molecule has 4 heterocycles. The lowest BCUT2D eigenvalue weighted by atomic mass is 10.0. The molecule has 0 aliphatic rings. The number of fused-ring (bicyclic) bond motifs is 9. The molecule has 0 saturated carbocycles. The summed E-state index contributed by atoms with van der Waals surface area (Å²) in [6.45, 7) is 0. The van der Waals surface area contributed by atoms with Gasteiger partial charge in [0.15, 0.2) is 0 Å². The van der Waals surface area contributed by atoms with Gasteiger partial charge in [0.25, 0.3) is 0 Å². The van der Waals surface area contributed by atoms with Crippen LogP contribution in [0.15, 0.2) is 146 Å². The quantitative estimate of drug-likeness (QED) is 0.225. The molecule has 0 unspecified atom stereocenters. The Labute approximate surface area is 241 Å². The minimum absolute atomic E-state index is 0.890. The summed E-state index contributed by atoms with van der Waals surface area (Å²) in [5, 5.41) is 7.34. The summed E-state index contributed by atoms with van der Waals surface area (Å²) in [4.78, 5) is 9.33. The molecule has 0 atom stereocenters. The van der Waals surface area contributed by atoms with Crippen LogP contribution in [0.1, 0.15) is 0 Å². The zero-order valence-corrected chi connectivity index (χ0v) is 22.6. The van der Waals surface area contributed by atoms with Crippen molar-refractivity contribution in [2.45, 2.75) is 0 Å². The van der Waals surface area contributed by atoms with Crippen molar-refractivity contribution in [2.24, 2.45) is 0 Å². The predicted octanol–water partition coefficient (Wildman–Crippen LogP) is 9.49. The van der Waals surface area contributed by atoms with Gasteiger partial charge in [0, 0.05) is 62.3 Å². The van der Waals surface area contributed by atoms with E-state index in [-0.39, 0.29) is 0 Å². The van der Waals surface area contributed by atoms with E-state index in [9.17, 15) is 0 Å². The first kappa shape index (κ1) is 23.0. The van der Waals surface area contributed by atoms with E-state index in [0.717, 1.165) is 28.1 Å². The fraction of sp³-hybridized carbons (Fsp3) is 0. The molecule has 0 bridgehead atoms. The third-order valence-corrected chi connectivity index (χ3v) is 8.44. The van der Waals surface area contributed by atoms with Gasteiger partial charge in [-0.15, -0.1) is 0 Å². The second kappa shape index (κ2) is 8.88. The molecule has 4 nitrogen and oxygen atoms in total. The fourth-order valence-corrected chi connectivity index (χ4v) is 6.62. The fourth-order valence-electron chi connectivity index (χ4n) is 6.62. The molecule has 4 heteroatoms. The van der Waals surface area contributed by atoms with Crippen LogP contribution in [0.5, 0.6) is 0 Å². The molecule has 0 amide bonds. The van der Waals surface area contributed by atoms with E-state index in [2.05, 4.69) is 135 Å². The largest absolute Gasteiger partial charge is 0.309 e. The zero-order valence-electron chi connectivity index (χ0n) is 22.6. The average molecular weight is 537 g/mol. The van der Waals surface area contributed by atoms with E-state index in [4.69, 9.17) is 4.98 Å². The molecule has 0 saturated heterocycles. The summed E-state index contributed by atoms with van der Waals surface area (Å²) in [5.41, 5.74) is 7.96. The summed E-state index contributed by atoms with van der Waals surface area (Å²) in [7, 11) is 0. The monoisotopic (exact) mass is 536 g/mol. The van der Waals surface area contributed by atoms with Crippen molar-refractivity contribution >= 4 is 54.4 Å². The molecule has 0 aliphatic heterocycles. The van der Waals surface area contributed by atoms with Crippen molar-refractivity contribution in [1.82, 2.24) is 19.1 Å². The average Bonchev–Trinajstić information content (AvgIpc) is 3.59. The molecule has 0 N–H and O–H groups in total. The Kier molecular flexibility index (Phi) is 4.87. The van der Waals surface area contributed by atoms with Gasteiger partial charge in [-0.1, -0.05) is 84.9 Å². The van der Waals surface area contributed by atoms with E-state index in [1.54, 1.807) is 6.20 Å². The third-order valence-electron chi connectivity index (χ3n) is 8.44. The Morgan fingerprint density at radius 1 is 0.452 bits per heavy atom. The molecule has 9 aromatic rings. The Balaban J connectivity index is 1.46. The highest BCUT2D eigenvalue weighted by molar-refractivity contribution is 6.28. The van der Waals surface area contributed by atoms with Gasteiger partial charge in [0.2, 0.25) is 0 Å². The molecule has 42 heavy (non-hydrogen) atoms. The highest BCUT2D eigenvalue weighted by atomic mass is 15.1. The standard InChI is InChI=1S/C38H24N4/c1-2-10-28(11-3-1)41-33-14-6-4-12-29(33)31-19-16-25-17-20-32-30-13-5-7-15-34(30)42(38(32)36(25)37(31)41)35-21-18-27(24-40-35)26-9-8-22-39-23-26/h1-24H. The van der Waals surface area contributed by atoms with Crippen LogP contribution in [0, 0.1) is 0 Å². The van der Waals surface area contributed by atoms with Gasteiger partial charge in [-0.05, 0) is 47.9 Å². The van der Waals surface area contributed by atoms with Crippen molar-refractivity contribution < 1.29 is 0 Å². The lowest BCUT2D eigenvalue weighted by Gasteiger charge is -2.13. The highest BCUT2D eigenvalue weighted by Gasteiger charge is 2.21. The molecule has 0 radical (unpaired) electrons. The number of nitrogens with zero attached hydrogens (tertiary/aromatic N) is 4. The lowest BCUT2D eigenvalue weighted by molar-refractivity contribution is 1.08. The molecule has 0 aliphatic carbocycles. The van der Waals surface area contributed by atoms with Crippen molar-refractivity contribution in [1.29, 1.82) is 0 Å². The number of pyridine rings is 2. The molecule has 196 valence electrons. The maximum atomic E-state index is 5.04. The van der Waals surface area contributed by atoms with Crippen LogP contribution < -0.4 is 0 Å². The van der Waals surface area contributed by atoms with Crippen molar-refractivity contribution in [2.75, 3.05) is 0 Å². The Hall–Kier alpha value is -5.74. The Morgan fingerprint density at radius 2 is 1.10 bits per heavy atom. The van der Waals surface area contributed by atoms with Crippen LogP contribution >= 0.6 is 0 Å². The van der Waals surface area contributed by atoms with Crippen molar-refractivity contribution in [3.63, 3.8) is 0 Å². The van der Waals surface area contributed by atoms with Crippen molar-refractivity contribution in [3.8, 4) is 22.6 Å². The number of benzene rings is 5. The summed E-state index contributed by atoms with van der Waals surface area (Å²) in [6.07, 6.45) is 5.63. The topological polar surface area (TPSA) is 35.6 Å². The number of aromatic nitrogens is 4. The highest BCUT2D eigenvalue weighted by Crippen LogP contribution is 2.42. The Morgan fingerprint density at radius 3 is 1.76 bits per heavy atom. The van der Waals surface area contributed by atoms with E-state index in [1.807, 2.05) is 18.5 Å². The molecule has 5 aromatic carbocycles. The first-order valence-corrected chi connectivity index (χ1v) is 14.2. The van der Waals surface area contributed by atoms with Crippen LogP contribution in [0.4, 0.5) is 0 Å². The van der Waals surface area contributed by atoms with Crippen LogP contribution in [-0.2, 0) is 0 Å². The molecular weight excluding hydrogens is 512 g/mol. The van der Waals surface area contributed by atoms with Gasteiger partial charge < -0.3 is 4.57 Å². The summed E-state index contributed by atoms with van der Waals surface area (Å²) >= 11 is 0. The summed E-state index contributed by atoms with van der Waals surface area (Å²) in [5.74, 6) is 0.890. The first-order chi connectivity index (χ1) is 20.9. The van der Waals surface area contributed by atoms with E-state index in [1.165, 1.54) is 48.9 Å². The van der Waals surface area contributed by atoms with E-state index < -0.39 is 0 Å². The van der Waals surface area contributed by atoms with Gasteiger partial charge in [0.05, 0.1) is 22.1 Å². The molecular formula is C38H24N4. The number of hydrogen-bond acceptors (Lipinski definition) is 2. The van der Waals surface area contributed by atoms with Gasteiger partial charge in [-0.3, -0.25) is 9.55 Å². The summed E-state index contributed by atoms with van der Waals surface area (Å²) in [6, 6.07) is 45.4. The number of hydrogen-bond donors (Lipinski definition) is 0. The minimum atomic E-state index is 0.890. The van der Waals surface area contributed by atoms with Crippen molar-refractivity contribution in [3.05, 3.63) is 146 Å². The second-order valence-electron chi connectivity index (χ2n) is 10.7. The van der Waals surface area contributed by atoms with Crippen LogP contribution in [0.3, 0.4) is 0 Å². The SMILES string of the molecule is c1ccc(-n2c3ccccc3c3ccc4ccc5c6ccccc6n(-c6ccc(-c7cccnc7)cn6)c5c4c32)cc1. The minimum Gasteiger partial charge on any atom is -0.309 e. The number of rotatable bonds is 3.